The number of carbonyl (C=O) groups is 1. The summed E-state index contributed by atoms with van der Waals surface area (Å²) in [5, 5.41) is 2.87. The Hall–Kier alpha value is -1.42. The molecule has 0 radical (unpaired) electrons. The minimum Gasteiger partial charge on any atom is -0.340 e. The fraction of sp³-hybridized carbons (Fsp3) is 0.600. The normalized spacial score (nSPS) is 13.4. The monoisotopic (exact) mass is 265 g/mol. The van der Waals surface area contributed by atoms with E-state index >= 15 is 0 Å². The maximum Gasteiger partial charge on any atom is 0.236 e. The lowest BCUT2D eigenvalue weighted by Crippen LogP contribution is -2.50. The van der Waals surface area contributed by atoms with Crippen LogP contribution in [0.1, 0.15) is 39.2 Å². The van der Waals surface area contributed by atoms with Crippen LogP contribution in [0.3, 0.4) is 0 Å². The summed E-state index contributed by atoms with van der Waals surface area (Å²) in [5.41, 5.74) is 1.28. The smallest absolute Gasteiger partial charge is 0.236 e. The summed E-state index contributed by atoms with van der Waals surface area (Å²) in [4.78, 5) is 17.3. The van der Waals surface area contributed by atoms with Gasteiger partial charge in [-0.3, -0.25) is 9.78 Å². The third kappa shape index (κ3) is 5.39. The average molecular weight is 265 g/mol. The molecule has 4 heteroatoms. The van der Waals surface area contributed by atoms with Crippen molar-refractivity contribution in [2.75, 3.05) is 26.7 Å². The maximum absolute atomic E-state index is 11.5. The van der Waals surface area contributed by atoms with Crippen LogP contribution in [-0.4, -0.2) is 42.5 Å². The second-order valence-electron chi connectivity index (χ2n) is 3.81. The van der Waals surface area contributed by atoms with Crippen molar-refractivity contribution in [3.8, 4) is 0 Å². The zero-order valence-corrected chi connectivity index (χ0v) is 12.8. The Morgan fingerprint density at radius 3 is 2.26 bits per heavy atom. The molecule has 0 atom stereocenters. The largest absolute Gasteiger partial charge is 0.340 e. The second kappa shape index (κ2) is 10.5. The molecule has 4 nitrogen and oxygen atoms in total. The number of aromatic nitrogens is 1. The first kappa shape index (κ1) is 17.6. The van der Waals surface area contributed by atoms with E-state index in [2.05, 4.69) is 10.3 Å². The van der Waals surface area contributed by atoms with Crippen LogP contribution in [0.4, 0.5) is 0 Å². The molecule has 1 amide bonds. The summed E-state index contributed by atoms with van der Waals surface area (Å²) < 4.78 is 0. The van der Waals surface area contributed by atoms with Gasteiger partial charge in [0.15, 0.2) is 0 Å². The Bertz CT molecular complexity index is 335. The van der Waals surface area contributed by atoms with Gasteiger partial charge in [0.1, 0.15) is 0 Å². The second-order valence-corrected chi connectivity index (χ2v) is 3.81. The fourth-order valence-electron chi connectivity index (χ4n) is 1.79. The number of likely N-dealkylation sites (N-methyl/N-ethyl adjacent to an activating group) is 1. The lowest BCUT2D eigenvalue weighted by atomic mass is 9.92. The molecule has 0 aliphatic carbocycles. The Morgan fingerprint density at radius 2 is 1.79 bits per heavy atom. The molecule has 108 valence electrons. The summed E-state index contributed by atoms with van der Waals surface area (Å²) in [6.07, 6.45) is 3.60. The van der Waals surface area contributed by atoms with Crippen molar-refractivity contribution < 1.29 is 4.79 Å². The molecule has 0 unspecified atom stereocenters. The van der Waals surface area contributed by atoms with Gasteiger partial charge in [0, 0.05) is 31.4 Å². The SMILES string of the molecule is CC.CC.CNCC(=O)N1CC(c2ccncc2)C1. The number of amides is 1. The molecule has 2 rings (SSSR count). The van der Waals surface area contributed by atoms with Gasteiger partial charge in [0.05, 0.1) is 6.54 Å². The number of nitrogens with zero attached hydrogens (tertiary/aromatic N) is 2. The summed E-state index contributed by atoms with van der Waals surface area (Å²) in [6.45, 7) is 10.1. The summed E-state index contributed by atoms with van der Waals surface area (Å²) in [6, 6.07) is 4.04. The minimum absolute atomic E-state index is 0.183. The van der Waals surface area contributed by atoms with Crippen LogP contribution in [0.15, 0.2) is 24.5 Å². The molecule has 0 aromatic carbocycles. The van der Waals surface area contributed by atoms with E-state index in [4.69, 9.17) is 0 Å². The highest BCUT2D eigenvalue weighted by atomic mass is 16.2. The van der Waals surface area contributed by atoms with Gasteiger partial charge in [-0.1, -0.05) is 27.7 Å². The zero-order valence-electron chi connectivity index (χ0n) is 12.8. The van der Waals surface area contributed by atoms with Crippen molar-refractivity contribution in [1.29, 1.82) is 0 Å². The number of rotatable bonds is 3. The third-order valence-electron chi connectivity index (χ3n) is 2.74. The standard InChI is InChI=1S/C11H15N3O.2C2H6/c1-12-6-11(15)14-7-10(8-14)9-2-4-13-5-3-9;2*1-2/h2-5,10,12H,6-8H2,1H3;2*1-2H3. The van der Waals surface area contributed by atoms with Gasteiger partial charge in [-0.05, 0) is 24.7 Å². The predicted molar refractivity (Wildman–Crippen MR) is 80.2 cm³/mol. The molecular weight excluding hydrogens is 238 g/mol. The van der Waals surface area contributed by atoms with E-state index < -0.39 is 0 Å². The van der Waals surface area contributed by atoms with E-state index in [1.807, 2.05) is 44.7 Å². The van der Waals surface area contributed by atoms with E-state index in [-0.39, 0.29) is 5.91 Å². The van der Waals surface area contributed by atoms with Crippen LogP contribution in [0, 0.1) is 0 Å². The van der Waals surface area contributed by atoms with E-state index in [9.17, 15) is 4.79 Å². The Kier molecular flexibility index (Phi) is 9.71. The molecule has 1 aliphatic rings. The topological polar surface area (TPSA) is 45.2 Å². The number of hydrogen-bond acceptors (Lipinski definition) is 3. The van der Waals surface area contributed by atoms with Crippen molar-refractivity contribution in [1.82, 2.24) is 15.2 Å². The number of hydrogen-bond donors (Lipinski definition) is 1. The van der Waals surface area contributed by atoms with Crippen LogP contribution < -0.4 is 5.32 Å². The number of pyridine rings is 1. The first-order valence-corrected chi connectivity index (χ1v) is 7.13. The number of carbonyl (C=O) groups excluding carboxylic acids is 1. The van der Waals surface area contributed by atoms with E-state index in [1.54, 1.807) is 19.4 Å². The molecule has 1 fully saturated rings. The van der Waals surface area contributed by atoms with Crippen molar-refractivity contribution >= 4 is 5.91 Å². The molecule has 1 N–H and O–H groups in total. The van der Waals surface area contributed by atoms with Crippen molar-refractivity contribution in [2.45, 2.75) is 33.6 Å². The highest BCUT2D eigenvalue weighted by Crippen LogP contribution is 2.25. The van der Waals surface area contributed by atoms with Crippen LogP contribution in [0.2, 0.25) is 0 Å². The Labute approximate surface area is 117 Å². The van der Waals surface area contributed by atoms with Crippen LogP contribution in [0.25, 0.3) is 0 Å². The third-order valence-corrected chi connectivity index (χ3v) is 2.74. The lowest BCUT2D eigenvalue weighted by Gasteiger charge is -2.39. The summed E-state index contributed by atoms with van der Waals surface area (Å²) in [7, 11) is 1.79. The Balaban J connectivity index is 0.000000741. The molecule has 1 aromatic heterocycles. The van der Waals surface area contributed by atoms with Gasteiger partial charge < -0.3 is 10.2 Å². The maximum atomic E-state index is 11.5. The molecular formula is C15H27N3O. The number of likely N-dealkylation sites (tertiary alicyclic amines) is 1. The minimum atomic E-state index is 0.183. The highest BCUT2D eigenvalue weighted by molar-refractivity contribution is 5.79. The summed E-state index contributed by atoms with van der Waals surface area (Å²) >= 11 is 0. The molecule has 1 aliphatic heterocycles. The molecule has 19 heavy (non-hydrogen) atoms. The van der Waals surface area contributed by atoms with Crippen LogP contribution in [0.5, 0.6) is 0 Å². The van der Waals surface area contributed by atoms with Crippen molar-refractivity contribution in [3.63, 3.8) is 0 Å². The summed E-state index contributed by atoms with van der Waals surface area (Å²) in [5.74, 6) is 0.677. The average Bonchev–Trinajstić information content (AvgIpc) is 2.43. The first-order valence-electron chi connectivity index (χ1n) is 7.13. The fourth-order valence-corrected chi connectivity index (χ4v) is 1.79. The van der Waals surface area contributed by atoms with Crippen LogP contribution >= 0.6 is 0 Å². The quantitative estimate of drug-likeness (QED) is 0.912. The van der Waals surface area contributed by atoms with E-state index in [0.29, 0.717) is 12.5 Å². The van der Waals surface area contributed by atoms with Gasteiger partial charge in [-0.2, -0.15) is 0 Å². The zero-order chi connectivity index (χ0) is 14.7. The molecule has 0 spiro atoms. The van der Waals surface area contributed by atoms with Crippen molar-refractivity contribution in [3.05, 3.63) is 30.1 Å². The molecule has 0 saturated carbocycles. The van der Waals surface area contributed by atoms with Crippen LogP contribution in [-0.2, 0) is 4.79 Å². The Morgan fingerprint density at radius 1 is 1.26 bits per heavy atom. The lowest BCUT2D eigenvalue weighted by molar-refractivity contribution is -0.134. The van der Waals surface area contributed by atoms with Crippen molar-refractivity contribution in [2.24, 2.45) is 0 Å². The predicted octanol–water partition coefficient (Wildman–Crippen LogP) is 2.28. The number of nitrogens with one attached hydrogen (secondary N) is 1. The molecule has 1 aromatic rings. The molecule has 1 saturated heterocycles. The van der Waals surface area contributed by atoms with E-state index in [0.717, 1.165) is 13.1 Å². The van der Waals surface area contributed by atoms with Gasteiger partial charge in [-0.25, -0.2) is 0 Å². The highest BCUT2D eigenvalue weighted by Gasteiger charge is 2.30. The van der Waals surface area contributed by atoms with Gasteiger partial charge in [0.2, 0.25) is 5.91 Å². The van der Waals surface area contributed by atoms with Gasteiger partial charge in [-0.15, -0.1) is 0 Å². The van der Waals surface area contributed by atoms with E-state index in [1.165, 1.54) is 5.56 Å². The first-order chi connectivity index (χ1) is 9.31. The van der Waals surface area contributed by atoms with Gasteiger partial charge >= 0.3 is 0 Å². The molecule has 0 bridgehead atoms. The van der Waals surface area contributed by atoms with Gasteiger partial charge in [0.25, 0.3) is 0 Å². The molecule has 2 heterocycles.